The number of nitrogens with one attached hydrogen (secondary N) is 1. The van der Waals surface area contributed by atoms with Crippen LogP contribution in [0.5, 0.6) is 0 Å². The summed E-state index contributed by atoms with van der Waals surface area (Å²) in [5.41, 5.74) is 1.26. The molecule has 2 unspecified atom stereocenters. The lowest BCUT2D eigenvalue weighted by Gasteiger charge is -2.17. The largest absolute Gasteiger partial charge is 0.351 e. The van der Waals surface area contributed by atoms with E-state index in [1.165, 1.54) is 19.3 Å². The van der Waals surface area contributed by atoms with Gasteiger partial charge in [-0.25, -0.2) is 9.97 Å². The fourth-order valence-electron chi connectivity index (χ4n) is 2.22. The first-order chi connectivity index (χ1) is 7.69. The molecule has 1 saturated carbocycles. The van der Waals surface area contributed by atoms with Crippen molar-refractivity contribution < 1.29 is 0 Å². The maximum atomic E-state index is 8.83. The van der Waals surface area contributed by atoms with Gasteiger partial charge in [-0.05, 0) is 31.7 Å². The van der Waals surface area contributed by atoms with Gasteiger partial charge in [0.1, 0.15) is 11.8 Å². The highest BCUT2D eigenvalue weighted by Crippen LogP contribution is 2.27. The average molecular weight is 216 g/mol. The SMILES string of the molecule is Cc1cc(C#N)nc(NC2CCCC2C)n1. The molecular weight excluding hydrogens is 200 g/mol. The Morgan fingerprint density at radius 1 is 1.44 bits per heavy atom. The molecule has 16 heavy (non-hydrogen) atoms. The third kappa shape index (κ3) is 2.30. The average Bonchev–Trinajstić information content (AvgIpc) is 2.63. The summed E-state index contributed by atoms with van der Waals surface area (Å²) in [6.45, 7) is 4.12. The summed E-state index contributed by atoms with van der Waals surface area (Å²) in [5, 5.41) is 12.2. The molecular formula is C12H16N4. The van der Waals surface area contributed by atoms with Crippen molar-refractivity contribution in [3.63, 3.8) is 0 Å². The van der Waals surface area contributed by atoms with E-state index in [1.54, 1.807) is 6.07 Å². The van der Waals surface area contributed by atoms with Gasteiger partial charge in [-0.2, -0.15) is 5.26 Å². The molecule has 1 aromatic heterocycles. The van der Waals surface area contributed by atoms with Crippen LogP contribution in [0.3, 0.4) is 0 Å². The summed E-state index contributed by atoms with van der Waals surface area (Å²) in [5.74, 6) is 1.25. The second kappa shape index (κ2) is 4.48. The van der Waals surface area contributed by atoms with Crippen molar-refractivity contribution in [3.8, 4) is 6.07 Å². The van der Waals surface area contributed by atoms with Crippen LogP contribution in [0.1, 0.15) is 37.6 Å². The number of anilines is 1. The molecule has 0 saturated heterocycles. The predicted molar refractivity (Wildman–Crippen MR) is 61.9 cm³/mol. The van der Waals surface area contributed by atoms with Crippen LogP contribution in [0, 0.1) is 24.2 Å². The molecule has 84 valence electrons. The normalized spacial score (nSPS) is 24.1. The minimum Gasteiger partial charge on any atom is -0.351 e. The molecule has 1 aromatic rings. The van der Waals surface area contributed by atoms with Gasteiger partial charge in [0.2, 0.25) is 5.95 Å². The van der Waals surface area contributed by atoms with Gasteiger partial charge in [-0.1, -0.05) is 13.3 Å². The Labute approximate surface area is 95.7 Å². The third-order valence-electron chi connectivity index (χ3n) is 3.14. The van der Waals surface area contributed by atoms with Crippen molar-refractivity contribution in [2.75, 3.05) is 5.32 Å². The molecule has 1 N–H and O–H groups in total. The Morgan fingerprint density at radius 2 is 2.25 bits per heavy atom. The molecule has 2 rings (SSSR count). The van der Waals surface area contributed by atoms with Crippen molar-refractivity contribution in [1.82, 2.24) is 9.97 Å². The highest BCUT2D eigenvalue weighted by atomic mass is 15.1. The van der Waals surface area contributed by atoms with E-state index in [0.717, 1.165) is 5.69 Å². The highest BCUT2D eigenvalue weighted by molar-refractivity contribution is 5.34. The zero-order chi connectivity index (χ0) is 11.5. The molecule has 0 amide bonds. The molecule has 1 aliphatic rings. The Balaban J connectivity index is 2.15. The molecule has 0 spiro atoms. The maximum Gasteiger partial charge on any atom is 0.224 e. The first kappa shape index (κ1) is 10.9. The summed E-state index contributed by atoms with van der Waals surface area (Å²) in [6, 6.07) is 4.20. The summed E-state index contributed by atoms with van der Waals surface area (Å²) >= 11 is 0. The van der Waals surface area contributed by atoms with Crippen LogP contribution < -0.4 is 5.32 Å². The number of nitrogens with zero attached hydrogens (tertiary/aromatic N) is 3. The van der Waals surface area contributed by atoms with Gasteiger partial charge in [-0.3, -0.25) is 0 Å². The number of aryl methyl sites for hydroxylation is 1. The summed E-state index contributed by atoms with van der Waals surface area (Å²) in [6.07, 6.45) is 3.69. The second-order valence-corrected chi connectivity index (χ2v) is 4.49. The second-order valence-electron chi connectivity index (χ2n) is 4.49. The highest BCUT2D eigenvalue weighted by Gasteiger charge is 2.23. The molecule has 2 atom stereocenters. The van der Waals surface area contributed by atoms with Gasteiger partial charge in [0.15, 0.2) is 0 Å². The van der Waals surface area contributed by atoms with E-state index in [1.807, 2.05) is 6.92 Å². The van der Waals surface area contributed by atoms with E-state index in [9.17, 15) is 0 Å². The quantitative estimate of drug-likeness (QED) is 0.823. The monoisotopic (exact) mass is 216 g/mol. The fraction of sp³-hybridized carbons (Fsp3) is 0.583. The Morgan fingerprint density at radius 3 is 2.88 bits per heavy atom. The summed E-state index contributed by atoms with van der Waals surface area (Å²) < 4.78 is 0. The minimum atomic E-state index is 0.431. The predicted octanol–water partition coefficient (Wildman–Crippen LogP) is 2.26. The lowest BCUT2D eigenvalue weighted by atomic mass is 10.1. The zero-order valence-electron chi connectivity index (χ0n) is 9.70. The van der Waals surface area contributed by atoms with Crippen LogP contribution in [0.15, 0.2) is 6.07 Å². The number of hydrogen-bond acceptors (Lipinski definition) is 4. The minimum absolute atomic E-state index is 0.431. The molecule has 0 bridgehead atoms. The molecule has 1 aliphatic carbocycles. The zero-order valence-corrected chi connectivity index (χ0v) is 9.70. The van der Waals surface area contributed by atoms with Gasteiger partial charge >= 0.3 is 0 Å². The molecule has 0 radical (unpaired) electrons. The third-order valence-corrected chi connectivity index (χ3v) is 3.14. The van der Waals surface area contributed by atoms with Gasteiger partial charge < -0.3 is 5.32 Å². The van der Waals surface area contributed by atoms with E-state index in [0.29, 0.717) is 23.6 Å². The number of rotatable bonds is 2. The van der Waals surface area contributed by atoms with Gasteiger partial charge in [-0.15, -0.1) is 0 Å². The fourth-order valence-corrected chi connectivity index (χ4v) is 2.22. The van der Waals surface area contributed by atoms with E-state index in [2.05, 4.69) is 28.3 Å². The lowest BCUT2D eigenvalue weighted by molar-refractivity contribution is 0.553. The first-order valence-electron chi connectivity index (χ1n) is 5.71. The first-order valence-corrected chi connectivity index (χ1v) is 5.71. The van der Waals surface area contributed by atoms with Crippen molar-refractivity contribution in [1.29, 1.82) is 5.26 Å². The molecule has 0 aromatic carbocycles. The van der Waals surface area contributed by atoms with E-state index in [4.69, 9.17) is 5.26 Å². The number of aromatic nitrogens is 2. The van der Waals surface area contributed by atoms with Crippen molar-refractivity contribution in [2.45, 2.75) is 39.2 Å². The van der Waals surface area contributed by atoms with Crippen molar-refractivity contribution in [2.24, 2.45) is 5.92 Å². The van der Waals surface area contributed by atoms with Crippen LogP contribution in [-0.2, 0) is 0 Å². The number of hydrogen-bond donors (Lipinski definition) is 1. The molecule has 1 fully saturated rings. The maximum absolute atomic E-state index is 8.83. The Bertz CT molecular complexity index is 422. The summed E-state index contributed by atoms with van der Waals surface area (Å²) in [7, 11) is 0. The standard InChI is InChI=1S/C12H16N4/c1-8-4-3-5-11(8)16-12-14-9(2)6-10(7-13)15-12/h6,8,11H,3-5H2,1-2H3,(H,14,15,16). The molecule has 1 heterocycles. The summed E-state index contributed by atoms with van der Waals surface area (Å²) in [4.78, 5) is 8.47. The van der Waals surface area contributed by atoms with Gasteiger partial charge in [0, 0.05) is 11.7 Å². The Hall–Kier alpha value is -1.63. The van der Waals surface area contributed by atoms with Crippen LogP contribution in [0.25, 0.3) is 0 Å². The van der Waals surface area contributed by atoms with E-state index < -0.39 is 0 Å². The smallest absolute Gasteiger partial charge is 0.224 e. The molecule has 0 aliphatic heterocycles. The number of nitriles is 1. The van der Waals surface area contributed by atoms with Crippen LogP contribution in [0.4, 0.5) is 5.95 Å². The lowest BCUT2D eigenvalue weighted by Crippen LogP contribution is -2.23. The molecule has 4 nitrogen and oxygen atoms in total. The molecule has 4 heteroatoms. The Kier molecular flexibility index (Phi) is 3.04. The van der Waals surface area contributed by atoms with E-state index >= 15 is 0 Å². The van der Waals surface area contributed by atoms with Gasteiger partial charge in [0.05, 0.1) is 0 Å². The van der Waals surface area contributed by atoms with Crippen LogP contribution in [-0.4, -0.2) is 16.0 Å². The van der Waals surface area contributed by atoms with Crippen molar-refractivity contribution >= 4 is 5.95 Å². The van der Waals surface area contributed by atoms with Gasteiger partial charge in [0.25, 0.3) is 0 Å². The van der Waals surface area contributed by atoms with Crippen LogP contribution in [0.2, 0.25) is 0 Å². The topological polar surface area (TPSA) is 61.6 Å². The van der Waals surface area contributed by atoms with Crippen molar-refractivity contribution in [3.05, 3.63) is 17.5 Å². The van der Waals surface area contributed by atoms with Crippen LogP contribution >= 0.6 is 0 Å². The van der Waals surface area contributed by atoms with E-state index in [-0.39, 0.29) is 0 Å².